The second-order valence-electron chi connectivity index (χ2n) is 6.96. The molecule has 0 aliphatic carbocycles. The molecule has 0 aliphatic rings. The first-order chi connectivity index (χ1) is 14.3. The standard InChI is InChI=1S/C22H27ClN2O4S/c1-14(2)9-10-29-18-8-6-5-7-16(18)21(26)25-22(30)24-13-15-11-19(27-3)20(28-4)12-17(15)23/h5-8,11-12,14H,9-10,13H2,1-4H3,(H2,24,25,26,30). The molecule has 0 fully saturated rings. The van der Waals surface area contributed by atoms with Crippen LogP contribution in [0.1, 0.15) is 36.2 Å². The van der Waals surface area contributed by atoms with E-state index >= 15 is 0 Å². The number of nitrogens with one attached hydrogen (secondary N) is 2. The van der Waals surface area contributed by atoms with Gasteiger partial charge in [-0.25, -0.2) is 0 Å². The van der Waals surface area contributed by atoms with Gasteiger partial charge >= 0.3 is 0 Å². The quantitative estimate of drug-likeness (QED) is 0.545. The molecule has 0 atom stereocenters. The first-order valence-electron chi connectivity index (χ1n) is 9.57. The van der Waals surface area contributed by atoms with Crippen molar-refractivity contribution in [3.63, 3.8) is 0 Å². The SMILES string of the molecule is COc1cc(Cl)c(CNC(=S)NC(=O)c2ccccc2OCCC(C)C)cc1OC. The van der Waals surface area contributed by atoms with Crippen LogP contribution >= 0.6 is 23.8 Å². The number of ether oxygens (including phenoxy) is 3. The predicted octanol–water partition coefficient (Wildman–Crippen LogP) is 4.59. The van der Waals surface area contributed by atoms with Crippen molar-refractivity contribution in [1.82, 2.24) is 10.6 Å². The van der Waals surface area contributed by atoms with Crippen molar-refractivity contribution in [1.29, 1.82) is 0 Å². The highest BCUT2D eigenvalue weighted by molar-refractivity contribution is 7.80. The maximum atomic E-state index is 12.7. The summed E-state index contributed by atoms with van der Waals surface area (Å²) in [6, 6.07) is 10.5. The third-order valence-corrected chi connectivity index (χ3v) is 4.90. The van der Waals surface area contributed by atoms with Crippen LogP contribution in [0.15, 0.2) is 36.4 Å². The van der Waals surface area contributed by atoms with E-state index in [0.717, 1.165) is 12.0 Å². The summed E-state index contributed by atoms with van der Waals surface area (Å²) in [4.78, 5) is 12.7. The van der Waals surface area contributed by atoms with E-state index < -0.39 is 0 Å². The van der Waals surface area contributed by atoms with Crippen LogP contribution in [0.3, 0.4) is 0 Å². The van der Waals surface area contributed by atoms with Gasteiger partial charge in [-0.2, -0.15) is 0 Å². The van der Waals surface area contributed by atoms with Gasteiger partial charge in [0.05, 0.1) is 26.4 Å². The molecule has 0 aliphatic heterocycles. The van der Waals surface area contributed by atoms with Crippen LogP contribution in [0.5, 0.6) is 17.2 Å². The van der Waals surface area contributed by atoms with E-state index in [1.54, 1.807) is 44.6 Å². The lowest BCUT2D eigenvalue weighted by molar-refractivity contribution is 0.0972. The molecule has 0 unspecified atom stereocenters. The summed E-state index contributed by atoms with van der Waals surface area (Å²) >= 11 is 11.6. The molecule has 0 aromatic heterocycles. The molecule has 0 saturated carbocycles. The normalized spacial score (nSPS) is 10.5. The monoisotopic (exact) mass is 450 g/mol. The highest BCUT2D eigenvalue weighted by Gasteiger charge is 2.15. The number of carbonyl (C=O) groups is 1. The molecule has 2 aromatic rings. The van der Waals surface area contributed by atoms with Crippen molar-refractivity contribution >= 4 is 34.8 Å². The number of carbonyl (C=O) groups excluding carboxylic acids is 1. The van der Waals surface area contributed by atoms with E-state index in [4.69, 9.17) is 38.0 Å². The third-order valence-electron chi connectivity index (χ3n) is 4.30. The molecule has 2 rings (SSSR count). The smallest absolute Gasteiger partial charge is 0.261 e. The molecular formula is C22H27ClN2O4S. The number of amides is 1. The van der Waals surface area contributed by atoms with Gasteiger partial charge in [0.25, 0.3) is 5.91 Å². The zero-order valence-electron chi connectivity index (χ0n) is 17.6. The number of hydrogen-bond acceptors (Lipinski definition) is 5. The van der Waals surface area contributed by atoms with Crippen molar-refractivity contribution in [2.24, 2.45) is 5.92 Å². The predicted molar refractivity (Wildman–Crippen MR) is 123 cm³/mol. The lowest BCUT2D eigenvalue weighted by atomic mass is 10.1. The zero-order valence-corrected chi connectivity index (χ0v) is 19.2. The van der Waals surface area contributed by atoms with Crippen LogP contribution in [0.4, 0.5) is 0 Å². The molecule has 0 saturated heterocycles. The molecule has 0 radical (unpaired) electrons. The summed E-state index contributed by atoms with van der Waals surface area (Å²) in [5, 5.41) is 6.35. The third kappa shape index (κ3) is 6.78. The molecule has 0 spiro atoms. The minimum absolute atomic E-state index is 0.183. The van der Waals surface area contributed by atoms with Crippen molar-refractivity contribution in [3.05, 3.63) is 52.5 Å². The largest absolute Gasteiger partial charge is 0.493 e. The van der Waals surface area contributed by atoms with Gasteiger partial charge < -0.3 is 19.5 Å². The Morgan fingerprint density at radius 3 is 2.43 bits per heavy atom. The second kappa shape index (κ2) is 11.6. The Morgan fingerprint density at radius 2 is 1.77 bits per heavy atom. The van der Waals surface area contributed by atoms with Crippen LogP contribution in [0, 0.1) is 5.92 Å². The maximum absolute atomic E-state index is 12.7. The highest BCUT2D eigenvalue weighted by atomic mass is 35.5. The number of thiocarbonyl (C=S) groups is 1. The highest BCUT2D eigenvalue weighted by Crippen LogP contribution is 2.33. The van der Waals surface area contributed by atoms with Crippen LogP contribution in [-0.4, -0.2) is 31.8 Å². The molecule has 6 nitrogen and oxygen atoms in total. The van der Waals surface area contributed by atoms with Crippen LogP contribution in [0.2, 0.25) is 5.02 Å². The molecule has 30 heavy (non-hydrogen) atoms. The van der Waals surface area contributed by atoms with Gasteiger partial charge in [-0.05, 0) is 48.3 Å². The van der Waals surface area contributed by atoms with E-state index in [1.807, 2.05) is 6.07 Å². The molecule has 0 heterocycles. The Labute approximate surface area is 187 Å². The molecule has 2 aromatic carbocycles. The van der Waals surface area contributed by atoms with E-state index in [0.29, 0.717) is 46.9 Å². The fourth-order valence-electron chi connectivity index (χ4n) is 2.61. The average Bonchev–Trinajstić information content (AvgIpc) is 2.72. The number of rotatable bonds is 9. The number of halogens is 1. The summed E-state index contributed by atoms with van der Waals surface area (Å²) in [7, 11) is 3.09. The van der Waals surface area contributed by atoms with Crippen LogP contribution < -0.4 is 24.8 Å². The topological polar surface area (TPSA) is 68.8 Å². The fraction of sp³-hybridized carbons (Fsp3) is 0.364. The van der Waals surface area contributed by atoms with E-state index in [1.165, 1.54) is 0 Å². The molecular weight excluding hydrogens is 424 g/mol. The molecule has 0 bridgehead atoms. The number of para-hydroxylation sites is 1. The van der Waals surface area contributed by atoms with E-state index in [-0.39, 0.29) is 11.0 Å². The van der Waals surface area contributed by atoms with Gasteiger partial charge in [0.1, 0.15) is 5.75 Å². The minimum Gasteiger partial charge on any atom is -0.493 e. The Bertz CT molecular complexity index is 889. The van der Waals surface area contributed by atoms with Crippen molar-refractivity contribution in [2.45, 2.75) is 26.8 Å². The van der Waals surface area contributed by atoms with Crippen LogP contribution in [0.25, 0.3) is 0 Å². The van der Waals surface area contributed by atoms with Gasteiger partial charge in [0.15, 0.2) is 16.6 Å². The average molecular weight is 451 g/mol. The Morgan fingerprint density at radius 1 is 1.10 bits per heavy atom. The molecule has 8 heteroatoms. The summed E-state index contributed by atoms with van der Waals surface area (Å²) in [6.45, 7) is 5.10. The van der Waals surface area contributed by atoms with E-state index in [2.05, 4.69) is 24.5 Å². The van der Waals surface area contributed by atoms with Gasteiger partial charge in [-0.3, -0.25) is 10.1 Å². The first-order valence-corrected chi connectivity index (χ1v) is 10.4. The number of methoxy groups -OCH3 is 2. The van der Waals surface area contributed by atoms with E-state index in [9.17, 15) is 4.79 Å². The van der Waals surface area contributed by atoms with Gasteiger partial charge in [0, 0.05) is 17.6 Å². The maximum Gasteiger partial charge on any atom is 0.261 e. The first kappa shape index (κ1) is 23.8. The molecule has 162 valence electrons. The van der Waals surface area contributed by atoms with Gasteiger partial charge in [-0.15, -0.1) is 0 Å². The lowest BCUT2D eigenvalue weighted by Gasteiger charge is -2.15. The minimum atomic E-state index is -0.342. The van der Waals surface area contributed by atoms with Gasteiger partial charge in [-0.1, -0.05) is 37.6 Å². The van der Waals surface area contributed by atoms with Crippen molar-refractivity contribution in [2.75, 3.05) is 20.8 Å². The van der Waals surface area contributed by atoms with Crippen LogP contribution in [-0.2, 0) is 6.54 Å². The van der Waals surface area contributed by atoms with Gasteiger partial charge in [0.2, 0.25) is 0 Å². The molecule has 1 amide bonds. The summed E-state index contributed by atoms with van der Waals surface area (Å²) in [6.07, 6.45) is 0.905. The Hall–Kier alpha value is -2.51. The fourth-order valence-corrected chi connectivity index (χ4v) is 2.99. The molecule has 2 N–H and O–H groups in total. The number of benzene rings is 2. The summed E-state index contributed by atoms with van der Waals surface area (Å²) < 4.78 is 16.3. The Balaban J connectivity index is 1.98. The second-order valence-corrected chi connectivity index (χ2v) is 7.78. The van der Waals surface area contributed by atoms with Crippen molar-refractivity contribution < 1.29 is 19.0 Å². The zero-order chi connectivity index (χ0) is 22.1. The summed E-state index contributed by atoms with van der Waals surface area (Å²) in [5.41, 5.74) is 1.18. The number of hydrogen-bond donors (Lipinski definition) is 2. The Kier molecular flexibility index (Phi) is 9.20. The summed E-state index contributed by atoms with van der Waals surface area (Å²) in [5.74, 6) is 1.80. The lowest BCUT2D eigenvalue weighted by Crippen LogP contribution is -2.39. The van der Waals surface area contributed by atoms with Crippen molar-refractivity contribution in [3.8, 4) is 17.2 Å².